The van der Waals surface area contributed by atoms with Crippen LogP contribution in [-0.2, 0) is 18.8 Å². The van der Waals surface area contributed by atoms with Gasteiger partial charge in [-0.3, -0.25) is 4.68 Å². The van der Waals surface area contributed by atoms with Gasteiger partial charge in [-0.15, -0.1) is 0 Å². The summed E-state index contributed by atoms with van der Waals surface area (Å²) in [5.74, 6) is 0. The maximum atomic E-state index is 4.14. The van der Waals surface area contributed by atoms with E-state index >= 15 is 0 Å². The minimum absolute atomic E-state index is 0.907. The number of aromatic nitrogens is 2. The molecule has 0 aliphatic carbocycles. The van der Waals surface area contributed by atoms with Crippen molar-refractivity contribution in [3.63, 3.8) is 0 Å². The summed E-state index contributed by atoms with van der Waals surface area (Å²) in [6.45, 7) is 2.14. The van der Waals surface area contributed by atoms with Crippen molar-refractivity contribution in [3.05, 3.63) is 17.5 Å². The molecule has 0 saturated heterocycles. The molecular formula is C7H11BrN2. The van der Waals surface area contributed by atoms with Crippen LogP contribution in [0.25, 0.3) is 0 Å². The van der Waals surface area contributed by atoms with Crippen molar-refractivity contribution in [2.24, 2.45) is 7.05 Å². The van der Waals surface area contributed by atoms with Gasteiger partial charge in [0.25, 0.3) is 0 Å². The lowest BCUT2D eigenvalue weighted by Crippen LogP contribution is -1.97. The molecular weight excluding hydrogens is 192 g/mol. The molecule has 1 rings (SSSR count). The summed E-state index contributed by atoms with van der Waals surface area (Å²) in [5.41, 5.74) is 2.61. The Kier molecular flexibility index (Phi) is 2.49. The Morgan fingerprint density at radius 1 is 1.70 bits per heavy atom. The third-order valence-electron chi connectivity index (χ3n) is 1.63. The number of hydrogen-bond acceptors (Lipinski definition) is 1. The third-order valence-corrected chi connectivity index (χ3v) is 2.23. The third kappa shape index (κ3) is 1.24. The van der Waals surface area contributed by atoms with Crippen molar-refractivity contribution in [2.45, 2.75) is 18.7 Å². The number of rotatable bonds is 2. The molecule has 1 aromatic heterocycles. The first-order valence-corrected chi connectivity index (χ1v) is 4.47. The van der Waals surface area contributed by atoms with Crippen LogP contribution in [0, 0.1) is 0 Å². The van der Waals surface area contributed by atoms with Crippen LogP contribution in [0.1, 0.15) is 18.2 Å². The van der Waals surface area contributed by atoms with Gasteiger partial charge in [-0.2, -0.15) is 5.10 Å². The van der Waals surface area contributed by atoms with Gasteiger partial charge in [0, 0.05) is 23.6 Å². The molecule has 3 heteroatoms. The van der Waals surface area contributed by atoms with E-state index in [4.69, 9.17) is 0 Å². The second-order valence-electron chi connectivity index (χ2n) is 2.23. The Bertz CT molecular complexity index is 217. The van der Waals surface area contributed by atoms with Gasteiger partial charge in [0.05, 0.1) is 6.20 Å². The van der Waals surface area contributed by atoms with Crippen LogP contribution in [0.5, 0.6) is 0 Å². The lowest BCUT2D eigenvalue weighted by molar-refractivity contribution is 0.716. The first-order chi connectivity index (χ1) is 4.79. The standard InChI is InChI=1S/C7H11BrN2/c1-3-7-6(4-8)5-9-10(7)2/h5H,3-4H2,1-2H3. The average molecular weight is 203 g/mol. The molecule has 0 aliphatic heterocycles. The molecule has 0 N–H and O–H groups in total. The molecule has 2 nitrogen and oxygen atoms in total. The number of halogens is 1. The molecule has 10 heavy (non-hydrogen) atoms. The molecule has 1 aromatic rings. The first-order valence-electron chi connectivity index (χ1n) is 3.35. The number of nitrogens with zero attached hydrogens (tertiary/aromatic N) is 2. The molecule has 0 bridgehead atoms. The molecule has 0 saturated carbocycles. The van der Waals surface area contributed by atoms with Gasteiger partial charge >= 0.3 is 0 Å². The van der Waals surface area contributed by atoms with E-state index < -0.39 is 0 Å². The van der Waals surface area contributed by atoms with Gasteiger partial charge in [-0.25, -0.2) is 0 Å². The zero-order chi connectivity index (χ0) is 7.56. The fourth-order valence-corrected chi connectivity index (χ4v) is 1.54. The van der Waals surface area contributed by atoms with Crippen LogP contribution in [-0.4, -0.2) is 9.78 Å². The largest absolute Gasteiger partial charge is 0.272 e. The average Bonchev–Trinajstić information content (AvgIpc) is 2.30. The van der Waals surface area contributed by atoms with Gasteiger partial charge < -0.3 is 0 Å². The second kappa shape index (κ2) is 3.19. The molecule has 0 spiro atoms. The van der Waals surface area contributed by atoms with Crippen molar-refractivity contribution < 1.29 is 0 Å². The summed E-state index contributed by atoms with van der Waals surface area (Å²) < 4.78 is 1.93. The van der Waals surface area contributed by atoms with Gasteiger partial charge in [0.2, 0.25) is 0 Å². The highest BCUT2D eigenvalue weighted by atomic mass is 79.9. The van der Waals surface area contributed by atoms with Gasteiger partial charge in [0.15, 0.2) is 0 Å². The first kappa shape index (κ1) is 7.79. The molecule has 0 amide bonds. The predicted molar refractivity (Wildman–Crippen MR) is 45.2 cm³/mol. The molecule has 0 radical (unpaired) electrons. The monoisotopic (exact) mass is 202 g/mol. The lowest BCUT2D eigenvalue weighted by Gasteiger charge is -1.98. The zero-order valence-corrected chi connectivity index (χ0v) is 7.85. The Labute approximate surface area is 69.4 Å². The summed E-state index contributed by atoms with van der Waals surface area (Å²) in [6, 6.07) is 0. The number of alkyl halides is 1. The molecule has 0 unspecified atom stereocenters. The predicted octanol–water partition coefficient (Wildman–Crippen LogP) is 1.88. The molecule has 56 valence electrons. The maximum Gasteiger partial charge on any atom is 0.0533 e. The number of aryl methyl sites for hydroxylation is 1. The smallest absolute Gasteiger partial charge is 0.0533 e. The van der Waals surface area contributed by atoms with Gasteiger partial charge in [-0.1, -0.05) is 22.9 Å². The lowest BCUT2D eigenvalue weighted by atomic mass is 10.2. The highest BCUT2D eigenvalue weighted by Gasteiger charge is 2.02. The summed E-state index contributed by atoms with van der Waals surface area (Å²) >= 11 is 3.41. The zero-order valence-electron chi connectivity index (χ0n) is 6.26. The van der Waals surface area contributed by atoms with Crippen LogP contribution < -0.4 is 0 Å². The molecule has 0 atom stereocenters. The van der Waals surface area contributed by atoms with E-state index in [9.17, 15) is 0 Å². The fourth-order valence-electron chi connectivity index (χ4n) is 1.08. The maximum absolute atomic E-state index is 4.14. The van der Waals surface area contributed by atoms with Crippen LogP contribution >= 0.6 is 15.9 Å². The summed E-state index contributed by atoms with van der Waals surface area (Å²) in [5, 5.41) is 5.05. The van der Waals surface area contributed by atoms with E-state index in [0.717, 1.165) is 11.8 Å². The van der Waals surface area contributed by atoms with Crippen LogP contribution in [0.4, 0.5) is 0 Å². The van der Waals surface area contributed by atoms with Crippen LogP contribution in [0.3, 0.4) is 0 Å². The highest BCUT2D eigenvalue weighted by Crippen LogP contribution is 2.11. The van der Waals surface area contributed by atoms with E-state index in [0.29, 0.717) is 0 Å². The second-order valence-corrected chi connectivity index (χ2v) is 2.79. The van der Waals surface area contributed by atoms with Crippen LogP contribution in [0.2, 0.25) is 0 Å². The Hall–Kier alpha value is -0.310. The van der Waals surface area contributed by atoms with Gasteiger partial charge in [-0.05, 0) is 6.42 Å². The Morgan fingerprint density at radius 2 is 2.40 bits per heavy atom. The van der Waals surface area contributed by atoms with Crippen molar-refractivity contribution >= 4 is 15.9 Å². The molecule has 0 aliphatic rings. The fraction of sp³-hybridized carbons (Fsp3) is 0.571. The van der Waals surface area contributed by atoms with E-state index in [1.54, 1.807) is 0 Å². The normalized spacial score (nSPS) is 10.3. The van der Waals surface area contributed by atoms with Crippen molar-refractivity contribution in [1.82, 2.24) is 9.78 Å². The van der Waals surface area contributed by atoms with E-state index in [2.05, 4.69) is 28.0 Å². The quantitative estimate of drug-likeness (QED) is 0.671. The minimum Gasteiger partial charge on any atom is -0.272 e. The molecule has 1 heterocycles. The van der Waals surface area contributed by atoms with Crippen molar-refractivity contribution in [1.29, 1.82) is 0 Å². The Morgan fingerprint density at radius 3 is 2.80 bits per heavy atom. The van der Waals surface area contributed by atoms with Crippen molar-refractivity contribution in [2.75, 3.05) is 0 Å². The van der Waals surface area contributed by atoms with E-state index in [1.165, 1.54) is 11.3 Å². The summed E-state index contributed by atoms with van der Waals surface area (Å²) in [4.78, 5) is 0. The van der Waals surface area contributed by atoms with Crippen LogP contribution in [0.15, 0.2) is 6.20 Å². The van der Waals surface area contributed by atoms with Crippen molar-refractivity contribution in [3.8, 4) is 0 Å². The molecule has 0 fully saturated rings. The molecule has 0 aromatic carbocycles. The highest BCUT2D eigenvalue weighted by molar-refractivity contribution is 9.08. The van der Waals surface area contributed by atoms with E-state index in [1.807, 2.05) is 17.9 Å². The minimum atomic E-state index is 0.907. The van der Waals surface area contributed by atoms with E-state index in [-0.39, 0.29) is 0 Å². The topological polar surface area (TPSA) is 17.8 Å². The summed E-state index contributed by atoms with van der Waals surface area (Å²) in [7, 11) is 1.98. The number of hydrogen-bond donors (Lipinski definition) is 0. The SMILES string of the molecule is CCc1c(CBr)cnn1C. The Balaban J connectivity index is 3.01. The summed E-state index contributed by atoms with van der Waals surface area (Å²) in [6.07, 6.45) is 2.96. The van der Waals surface area contributed by atoms with Gasteiger partial charge in [0.1, 0.15) is 0 Å².